The maximum Gasteiger partial charge on any atom is 0.416 e. The summed E-state index contributed by atoms with van der Waals surface area (Å²) in [5, 5.41) is 11.5. The van der Waals surface area contributed by atoms with Crippen LogP contribution in [0.15, 0.2) is 54.2 Å². The molecule has 37 heavy (non-hydrogen) atoms. The lowest BCUT2D eigenvalue weighted by atomic mass is 10.0. The van der Waals surface area contributed by atoms with E-state index in [1.807, 2.05) is 25.1 Å². The number of hydrogen-bond donors (Lipinski definition) is 2. The number of alkyl halides is 3. The number of benzene rings is 2. The molecule has 0 amide bonds. The predicted molar refractivity (Wildman–Crippen MR) is 135 cm³/mol. The minimum atomic E-state index is -4.43. The zero-order valence-corrected chi connectivity index (χ0v) is 21.2. The van der Waals surface area contributed by atoms with Crippen molar-refractivity contribution in [2.75, 3.05) is 45.9 Å². The molecule has 0 bridgehead atoms. The molecule has 198 valence electrons. The molecule has 7 nitrogen and oxygen atoms in total. The Hall–Kier alpha value is -2.70. The van der Waals surface area contributed by atoms with E-state index in [0.717, 1.165) is 53.2 Å². The number of hydroxylamine groups is 1. The van der Waals surface area contributed by atoms with Crippen molar-refractivity contribution in [2.45, 2.75) is 25.3 Å². The van der Waals surface area contributed by atoms with E-state index in [9.17, 15) is 18.3 Å². The SMILES string of the molecule is Cc1nc2cc(OC[C@H](O)CN3CCN(CC4=CC(c5ccccc5C(F)(F)F)ON4)CC3)ccc2s1. The molecule has 0 radical (unpaired) electrons. The van der Waals surface area contributed by atoms with Gasteiger partial charge < -0.3 is 9.84 Å². The number of aryl methyl sites for hydroxylation is 1. The number of aliphatic hydroxyl groups excluding tert-OH is 1. The summed E-state index contributed by atoms with van der Waals surface area (Å²) in [5.74, 6) is 0.692. The van der Waals surface area contributed by atoms with E-state index < -0.39 is 23.9 Å². The van der Waals surface area contributed by atoms with Gasteiger partial charge in [-0.1, -0.05) is 18.2 Å². The predicted octanol–water partition coefficient (Wildman–Crippen LogP) is 4.14. The lowest BCUT2D eigenvalue weighted by molar-refractivity contribution is -0.139. The molecule has 1 fully saturated rings. The summed E-state index contributed by atoms with van der Waals surface area (Å²) in [6.07, 6.45) is -4.13. The van der Waals surface area contributed by atoms with Gasteiger partial charge in [0.25, 0.3) is 0 Å². The van der Waals surface area contributed by atoms with Crippen molar-refractivity contribution in [1.29, 1.82) is 0 Å². The van der Waals surface area contributed by atoms with Gasteiger partial charge in [0, 0.05) is 45.3 Å². The third kappa shape index (κ3) is 6.42. The fourth-order valence-corrected chi connectivity index (χ4v) is 5.47. The highest BCUT2D eigenvalue weighted by atomic mass is 32.1. The zero-order valence-electron chi connectivity index (χ0n) is 20.4. The van der Waals surface area contributed by atoms with Crippen LogP contribution in [-0.2, 0) is 11.0 Å². The zero-order chi connectivity index (χ0) is 26.0. The summed E-state index contributed by atoms with van der Waals surface area (Å²) in [6, 6.07) is 11.3. The van der Waals surface area contributed by atoms with E-state index in [-0.39, 0.29) is 12.2 Å². The van der Waals surface area contributed by atoms with Crippen molar-refractivity contribution in [3.8, 4) is 5.75 Å². The Morgan fingerprint density at radius 3 is 2.70 bits per heavy atom. The summed E-state index contributed by atoms with van der Waals surface area (Å²) < 4.78 is 47.0. The third-order valence-electron chi connectivity index (χ3n) is 6.48. The van der Waals surface area contributed by atoms with Crippen molar-refractivity contribution >= 4 is 21.6 Å². The number of nitrogens with one attached hydrogen (secondary N) is 1. The molecule has 3 heterocycles. The van der Waals surface area contributed by atoms with Crippen LogP contribution < -0.4 is 10.2 Å². The molecule has 2 aliphatic rings. The Kier molecular flexibility index (Phi) is 7.68. The van der Waals surface area contributed by atoms with Gasteiger partial charge in [-0.25, -0.2) is 4.98 Å². The number of piperazine rings is 1. The lowest BCUT2D eigenvalue weighted by Crippen LogP contribution is -2.49. The summed E-state index contributed by atoms with van der Waals surface area (Å²) in [6.45, 7) is 6.33. The van der Waals surface area contributed by atoms with Gasteiger partial charge in [-0.2, -0.15) is 13.2 Å². The molecule has 2 atom stereocenters. The molecule has 1 saturated heterocycles. The minimum absolute atomic E-state index is 0.0974. The van der Waals surface area contributed by atoms with Gasteiger partial charge in [0.15, 0.2) is 0 Å². The van der Waals surface area contributed by atoms with Gasteiger partial charge in [-0.3, -0.25) is 20.1 Å². The first-order chi connectivity index (χ1) is 17.7. The number of thiazole rings is 1. The number of rotatable bonds is 8. The van der Waals surface area contributed by atoms with Crippen molar-refractivity contribution in [3.05, 3.63) is 70.4 Å². The first-order valence-corrected chi connectivity index (χ1v) is 13.0. The number of halogens is 3. The van der Waals surface area contributed by atoms with Crippen LogP contribution in [0.3, 0.4) is 0 Å². The summed E-state index contributed by atoms with van der Waals surface area (Å²) in [4.78, 5) is 14.3. The topological polar surface area (TPSA) is 70.1 Å². The lowest BCUT2D eigenvalue weighted by Gasteiger charge is -2.35. The quantitative estimate of drug-likeness (QED) is 0.450. The van der Waals surface area contributed by atoms with E-state index >= 15 is 0 Å². The van der Waals surface area contributed by atoms with Gasteiger partial charge in [0.1, 0.15) is 24.6 Å². The van der Waals surface area contributed by atoms with Crippen LogP contribution in [0.1, 0.15) is 22.2 Å². The number of hydrogen-bond acceptors (Lipinski definition) is 8. The monoisotopic (exact) mass is 534 g/mol. The molecule has 0 saturated carbocycles. The first kappa shape index (κ1) is 25.9. The van der Waals surface area contributed by atoms with Crippen LogP contribution >= 0.6 is 11.3 Å². The number of fused-ring (bicyclic) bond motifs is 1. The second-order valence-electron chi connectivity index (χ2n) is 9.32. The van der Waals surface area contributed by atoms with Crippen molar-refractivity contribution in [2.24, 2.45) is 0 Å². The fraction of sp³-hybridized carbons (Fsp3) is 0.423. The highest BCUT2D eigenvalue weighted by Crippen LogP contribution is 2.37. The van der Waals surface area contributed by atoms with E-state index in [2.05, 4.69) is 20.3 Å². The van der Waals surface area contributed by atoms with Crippen molar-refractivity contribution in [3.63, 3.8) is 0 Å². The number of β-amino-alcohol motifs (C(OH)–C–C–N with tert-alkyl or cyclic N) is 1. The normalized spacial score (nSPS) is 20.1. The second-order valence-corrected chi connectivity index (χ2v) is 10.6. The van der Waals surface area contributed by atoms with Crippen LogP contribution in [-0.4, -0.2) is 71.9 Å². The smallest absolute Gasteiger partial charge is 0.416 e. The maximum atomic E-state index is 13.4. The molecule has 0 aliphatic carbocycles. The molecule has 2 aliphatic heterocycles. The first-order valence-electron chi connectivity index (χ1n) is 12.2. The third-order valence-corrected chi connectivity index (χ3v) is 7.43. The highest BCUT2D eigenvalue weighted by Gasteiger charge is 2.36. The Morgan fingerprint density at radius 1 is 1.16 bits per heavy atom. The molecule has 1 aromatic heterocycles. The van der Waals surface area contributed by atoms with Crippen LogP contribution in [0.5, 0.6) is 5.75 Å². The Bertz CT molecular complexity index is 1260. The largest absolute Gasteiger partial charge is 0.491 e. The van der Waals surface area contributed by atoms with Crippen molar-refractivity contribution in [1.82, 2.24) is 20.3 Å². The molecule has 2 N–H and O–H groups in total. The fourth-order valence-electron chi connectivity index (χ4n) is 4.66. The number of aromatic nitrogens is 1. The van der Waals surface area contributed by atoms with Gasteiger partial charge in [-0.15, -0.1) is 11.3 Å². The summed E-state index contributed by atoms with van der Waals surface area (Å²) in [7, 11) is 0. The maximum absolute atomic E-state index is 13.4. The summed E-state index contributed by atoms with van der Waals surface area (Å²) in [5.41, 5.74) is 3.86. The molecule has 1 unspecified atom stereocenters. The standard InChI is InChI=1S/C26H29F3N4O3S/c1-17-30-23-13-20(6-7-25(23)37-17)35-16-19(34)15-33-10-8-32(9-11-33)14-18-12-24(36-31-18)21-4-2-3-5-22(21)26(27,28)29/h2-7,12-13,19,24,31,34H,8-11,14-16H2,1H3/t19-,24?/m1/s1. The van der Waals surface area contributed by atoms with Crippen LogP contribution in [0.25, 0.3) is 10.2 Å². The molecule has 11 heteroatoms. The number of nitrogens with zero attached hydrogens (tertiary/aromatic N) is 3. The Labute approximate surface area is 217 Å². The number of ether oxygens (including phenoxy) is 1. The molecular weight excluding hydrogens is 505 g/mol. The highest BCUT2D eigenvalue weighted by molar-refractivity contribution is 7.18. The van der Waals surface area contributed by atoms with E-state index in [4.69, 9.17) is 9.57 Å². The van der Waals surface area contributed by atoms with Crippen LogP contribution in [0, 0.1) is 6.92 Å². The Morgan fingerprint density at radius 2 is 1.92 bits per heavy atom. The molecule has 3 aromatic rings. The molecular formula is C26H29F3N4O3S. The molecule has 0 spiro atoms. The second kappa shape index (κ2) is 11.0. The van der Waals surface area contributed by atoms with Gasteiger partial charge in [0.2, 0.25) is 0 Å². The molecule has 5 rings (SSSR count). The average molecular weight is 535 g/mol. The van der Waals surface area contributed by atoms with Gasteiger partial charge >= 0.3 is 6.18 Å². The average Bonchev–Trinajstić information content (AvgIpc) is 3.48. The van der Waals surface area contributed by atoms with Crippen LogP contribution in [0.2, 0.25) is 0 Å². The van der Waals surface area contributed by atoms with E-state index in [0.29, 0.717) is 18.8 Å². The van der Waals surface area contributed by atoms with E-state index in [1.54, 1.807) is 23.5 Å². The Balaban J connectivity index is 1.07. The van der Waals surface area contributed by atoms with E-state index in [1.165, 1.54) is 12.1 Å². The number of aliphatic hydroxyl groups is 1. The van der Waals surface area contributed by atoms with Crippen molar-refractivity contribution < 1.29 is 27.9 Å². The van der Waals surface area contributed by atoms with Gasteiger partial charge in [-0.05, 0) is 36.8 Å². The molecule has 2 aromatic carbocycles. The van der Waals surface area contributed by atoms with Gasteiger partial charge in [0.05, 0.1) is 26.5 Å². The summed E-state index contributed by atoms with van der Waals surface area (Å²) >= 11 is 1.64. The van der Waals surface area contributed by atoms with Crippen LogP contribution in [0.4, 0.5) is 13.2 Å². The minimum Gasteiger partial charge on any atom is -0.491 e.